The number of ether oxygens (including phenoxy) is 2. The van der Waals surface area contributed by atoms with Gasteiger partial charge in [-0.1, -0.05) is 51.5 Å². The topological polar surface area (TPSA) is 96.4 Å². The van der Waals surface area contributed by atoms with Crippen LogP contribution in [0.1, 0.15) is 60.3 Å². The van der Waals surface area contributed by atoms with Gasteiger partial charge in [-0.15, -0.1) is 0 Å². The Kier molecular flexibility index (Phi) is 7.17. The van der Waals surface area contributed by atoms with Crippen LogP contribution in [0, 0.1) is 17.8 Å². The summed E-state index contributed by atoms with van der Waals surface area (Å²) in [6.07, 6.45) is 10.8. The molecule has 1 spiro atoms. The lowest BCUT2D eigenvalue weighted by atomic mass is 9.74. The van der Waals surface area contributed by atoms with Gasteiger partial charge in [-0.25, -0.2) is 0 Å². The van der Waals surface area contributed by atoms with Crippen molar-refractivity contribution < 1.29 is 29.0 Å². The quantitative estimate of drug-likeness (QED) is 0.456. The summed E-state index contributed by atoms with van der Waals surface area (Å²) in [7, 11) is 0. The van der Waals surface area contributed by atoms with Gasteiger partial charge in [0.2, 0.25) is 11.8 Å². The van der Waals surface area contributed by atoms with Crippen LogP contribution in [0.3, 0.4) is 0 Å². The van der Waals surface area contributed by atoms with Gasteiger partial charge in [0.1, 0.15) is 17.6 Å². The maximum absolute atomic E-state index is 14.3. The van der Waals surface area contributed by atoms with Gasteiger partial charge in [-0.05, 0) is 39.0 Å². The van der Waals surface area contributed by atoms with E-state index in [1.54, 1.807) is 0 Å². The van der Waals surface area contributed by atoms with Gasteiger partial charge in [-0.3, -0.25) is 14.4 Å². The molecule has 0 radical (unpaired) electrons. The number of aliphatic hydroxyl groups excluding tert-OH is 1. The molecule has 1 N–H and O–H groups in total. The highest BCUT2D eigenvalue weighted by atomic mass is 16.6. The van der Waals surface area contributed by atoms with Crippen LogP contribution in [0.4, 0.5) is 0 Å². The molecular weight excluding hydrogens is 448 g/mol. The number of hydrogen-bond acceptors (Lipinski definition) is 6. The standard InChI is InChI=1S/C27H40N2O6/c1-6-11-18(4)28-14-10-13-27-20(21-25(33)34-15-9-7-8-12-26(21,5)35-27)23(31)29(22(27)24(28)32)19(16-30)17(2)3/h8,10,12-13,17-22,30H,6-7,9,11,14-16H2,1-5H3/b12-8-/t18?,19-,20-,21-,22?,26+,27-/m0/s1. The fraction of sp³-hybridized carbons (Fsp3) is 0.741. The van der Waals surface area contributed by atoms with E-state index in [4.69, 9.17) is 9.47 Å². The third-order valence-electron chi connectivity index (χ3n) is 8.27. The minimum absolute atomic E-state index is 0.0195. The largest absolute Gasteiger partial charge is 0.465 e. The summed E-state index contributed by atoms with van der Waals surface area (Å²) in [4.78, 5) is 45.2. The maximum Gasteiger partial charge on any atom is 0.313 e. The molecule has 7 atom stereocenters. The second-order valence-electron chi connectivity index (χ2n) is 11.0. The number of carbonyl (C=O) groups excluding carboxylic acids is 3. The molecule has 2 unspecified atom stereocenters. The van der Waals surface area contributed by atoms with Gasteiger partial charge in [-0.2, -0.15) is 0 Å². The monoisotopic (exact) mass is 488 g/mol. The van der Waals surface area contributed by atoms with Crippen molar-refractivity contribution in [2.75, 3.05) is 19.8 Å². The summed E-state index contributed by atoms with van der Waals surface area (Å²) in [5, 5.41) is 10.3. The minimum atomic E-state index is -1.32. The van der Waals surface area contributed by atoms with E-state index >= 15 is 0 Å². The van der Waals surface area contributed by atoms with E-state index < -0.39 is 41.1 Å². The summed E-state index contributed by atoms with van der Waals surface area (Å²) < 4.78 is 12.4. The number of allylic oxidation sites excluding steroid dienone is 1. The van der Waals surface area contributed by atoms with Crippen LogP contribution in [0.25, 0.3) is 0 Å². The predicted octanol–water partition coefficient (Wildman–Crippen LogP) is 2.45. The van der Waals surface area contributed by atoms with Crippen LogP contribution in [0.2, 0.25) is 0 Å². The first-order chi connectivity index (χ1) is 16.6. The van der Waals surface area contributed by atoms with Gasteiger partial charge in [0.25, 0.3) is 0 Å². The number of esters is 1. The van der Waals surface area contributed by atoms with Crippen molar-refractivity contribution in [2.24, 2.45) is 17.8 Å². The van der Waals surface area contributed by atoms with Gasteiger partial charge in [0.05, 0.1) is 30.8 Å². The van der Waals surface area contributed by atoms with Crippen molar-refractivity contribution in [3.8, 4) is 0 Å². The first kappa shape index (κ1) is 25.9. The highest BCUT2D eigenvalue weighted by Gasteiger charge is 2.75. The van der Waals surface area contributed by atoms with E-state index in [1.165, 1.54) is 4.90 Å². The van der Waals surface area contributed by atoms with E-state index in [2.05, 4.69) is 6.92 Å². The SMILES string of the molecule is CCCC(C)N1CC=C[C@]23O[C@]4(C)/C=C\CCCOC(=O)[C@@H]4[C@H]2C(=O)N([C@@H](CO)C(C)C)C3C1=O. The first-order valence-corrected chi connectivity index (χ1v) is 13.1. The van der Waals surface area contributed by atoms with E-state index in [9.17, 15) is 19.5 Å². The van der Waals surface area contributed by atoms with Crippen molar-refractivity contribution in [1.29, 1.82) is 0 Å². The fourth-order valence-electron chi connectivity index (χ4n) is 6.54. The Labute approximate surface area is 208 Å². The number of fused-ring (bicyclic) bond motifs is 2. The summed E-state index contributed by atoms with van der Waals surface area (Å²) in [6.45, 7) is 10.2. The van der Waals surface area contributed by atoms with Crippen LogP contribution < -0.4 is 0 Å². The van der Waals surface area contributed by atoms with E-state index in [-0.39, 0.29) is 37.0 Å². The zero-order valence-electron chi connectivity index (χ0n) is 21.6. The van der Waals surface area contributed by atoms with Crippen LogP contribution >= 0.6 is 0 Å². The fourth-order valence-corrected chi connectivity index (χ4v) is 6.54. The minimum Gasteiger partial charge on any atom is -0.465 e. The Balaban J connectivity index is 1.89. The van der Waals surface area contributed by atoms with Gasteiger partial charge >= 0.3 is 5.97 Å². The zero-order valence-corrected chi connectivity index (χ0v) is 21.6. The molecule has 4 aliphatic rings. The van der Waals surface area contributed by atoms with Crippen LogP contribution in [0.5, 0.6) is 0 Å². The molecule has 8 nitrogen and oxygen atoms in total. The third-order valence-corrected chi connectivity index (χ3v) is 8.27. The lowest BCUT2D eigenvalue weighted by Crippen LogP contribution is -2.60. The van der Waals surface area contributed by atoms with Gasteiger partial charge in [0, 0.05) is 12.6 Å². The van der Waals surface area contributed by atoms with Crippen molar-refractivity contribution in [1.82, 2.24) is 9.80 Å². The predicted molar refractivity (Wildman–Crippen MR) is 130 cm³/mol. The van der Waals surface area contributed by atoms with Crippen molar-refractivity contribution in [3.05, 3.63) is 24.3 Å². The maximum atomic E-state index is 14.3. The Morgan fingerprint density at radius 1 is 1.11 bits per heavy atom. The summed E-state index contributed by atoms with van der Waals surface area (Å²) in [5.41, 5.74) is -2.41. The molecule has 0 saturated carbocycles. The summed E-state index contributed by atoms with van der Waals surface area (Å²) in [5.74, 6) is -2.90. The molecule has 8 heteroatoms. The molecule has 0 aromatic carbocycles. The Hall–Kier alpha value is -2.19. The molecule has 0 aromatic heterocycles. The highest BCUT2D eigenvalue weighted by Crippen LogP contribution is 2.57. The van der Waals surface area contributed by atoms with Crippen molar-refractivity contribution in [2.45, 2.75) is 89.6 Å². The zero-order chi connectivity index (χ0) is 25.5. The lowest BCUT2D eigenvalue weighted by molar-refractivity contribution is -0.162. The van der Waals surface area contributed by atoms with Crippen molar-refractivity contribution >= 4 is 17.8 Å². The third kappa shape index (κ3) is 4.02. The molecular formula is C27H40N2O6. The second-order valence-corrected chi connectivity index (χ2v) is 11.0. The molecule has 0 bridgehead atoms. The molecule has 4 heterocycles. The number of carbonyl (C=O) groups is 3. The molecule has 2 saturated heterocycles. The molecule has 35 heavy (non-hydrogen) atoms. The Morgan fingerprint density at radius 3 is 2.51 bits per heavy atom. The van der Waals surface area contributed by atoms with Crippen LogP contribution in [-0.2, 0) is 23.9 Å². The highest BCUT2D eigenvalue weighted by molar-refractivity contribution is 5.99. The van der Waals surface area contributed by atoms with Gasteiger partial charge in [0.15, 0.2) is 0 Å². The van der Waals surface area contributed by atoms with Crippen LogP contribution in [-0.4, -0.2) is 81.8 Å². The average molecular weight is 489 g/mol. The molecule has 4 aliphatic heterocycles. The van der Waals surface area contributed by atoms with E-state index in [0.717, 1.165) is 19.3 Å². The lowest BCUT2D eigenvalue weighted by Gasteiger charge is -2.42. The molecule has 2 amide bonds. The summed E-state index contributed by atoms with van der Waals surface area (Å²) >= 11 is 0. The number of nitrogens with zero attached hydrogens (tertiary/aromatic N) is 2. The molecule has 4 rings (SSSR count). The number of likely N-dealkylation sites (tertiary alicyclic amines) is 1. The normalized spacial score (nSPS) is 37.6. The molecule has 2 fully saturated rings. The average Bonchev–Trinajstić information content (AvgIpc) is 3.14. The molecule has 194 valence electrons. The second kappa shape index (κ2) is 9.69. The van der Waals surface area contributed by atoms with E-state index in [0.29, 0.717) is 13.0 Å². The number of aliphatic hydroxyl groups is 1. The van der Waals surface area contributed by atoms with Crippen LogP contribution in [0.15, 0.2) is 24.3 Å². The number of cyclic esters (lactones) is 1. The molecule has 0 aromatic rings. The number of rotatable bonds is 6. The van der Waals surface area contributed by atoms with Gasteiger partial charge < -0.3 is 24.4 Å². The molecule has 0 aliphatic carbocycles. The summed E-state index contributed by atoms with van der Waals surface area (Å²) in [6, 6.07) is -1.56. The Morgan fingerprint density at radius 2 is 1.86 bits per heavy atom. The smallest absolute Gasteiger partial charge is 0.313 e. The Bertz CT molecular complexity index is 915. The van der Waals surface area contributed by atoms with Crippen molar-refractivity contribution in [3.63, 3.8) is 0 Å². The van der Waals surface area contributed by atoms with E-state index in [1.807, 2.05) is 56.9 Å². The first-order valence-electron chi connectivity index (χ1n) is 13.1. The number of hydrogen-bond donors (Lipinski definition) is 1. The number of amides is 2.